The van der Waals surface area contributed by atoms with E-state index >= 15 is 0 Å². The van der Waals surface area contributed by atoms with Crippen LogP contribution in [0.25, 0.3) is 0 Å². The molecule has 0 unspecified atom stereocenters. The van der Waals surface area contributed by atoms with Gasteiger partial charge in [-0.1, -0.05) is 6.92 Å². The van der Waals surface area contributed by atoms with Gasteiger partial charge in [-0.15, -0.1) is 0 Å². The molecule has 0 fully saturated rings. The molecule has 0 aromatic carbocycles. The van der Waals surface area contributed by atoms with Crippen LogP contribution in [-0.4, -0.2) is 0 Å². The van der Waals surface area contributed by atoms with Crippen molar-refractivity contribution in [2.24, 2.45) is 5.92 Å². The van der Waals surface area contributed by atoms with Gasteiger partial charge in [-0.25, -0.2) is 0 Å². The summed E-state index contributed by atoms with van der Waals surface area (Å²) in [7, 11) is 0. The zero-order valence-corrected chi connectivity index (χ0v) is 7.72. The van der Waals surface area contributed by atoms with Gasteiger partial charge in [0, 0.05) is 30.6 Å². The van der Waals surface area contributed by atoms with Crippen LogP contribution in [0.1, 0.15) is 33.6 Å². The molecular formula is C11H17+. The average molecular weight is 149 g/mol. The molecular weight excluding hydrogens is 132 g/mol. The van der Waals surface area contributed by atoms with Crippen molar-refractivity contribution in [3.63, 3.8) is 0 Å². The van der Waals surface area contributed by atoms with Crippen LogP contribution in [0, 0.1) is 12.3 Å². The van der Waals surface area contributed by atoms with E-state index in [9.17, 15) is 0 Å². The Labute approximate surface area is 70.0 Å². The van der Waals surface area contributed by atoms with Crippen LogP contribution < -0.4 is 0 Å². The van der Waals surface area contributed by atoms with E-state index < -0.39 is 0 Å². The molecule has 1 aliphatic rings. The molecule has 0 aromatic heterocycles. The average Bonchev–Trinajstić information content (AvgIpc) is 2.04. The van der Waals surface area contributed by atoms with Gasteiger partial charge in [0.15, 0.2) is 0 Å². The van der Waals surface area contributed by atoms with Gasteiger partial charge in [-0.3, -0.25) is 0 Å². The van der Waals surface area contributed by atoms with Gasteiger partial charge in [0.25, 0.3) is 0 Å². The molecule has 0 saturated carbocycles. The monoisotopic (exact) mass is 149 g/mol. The van der Waals surface area contributed by atoms with Gasteiger partial charge >= 0.3 is 0 Å². The van der Waals surface area contributed by atoms with E-state index in [1.807, 2.05) is 0 Å². The molecule has 0 nitrogen and oxygen atoms in total. The standard InChI is InChI=1S/C11H17/c1-4-10-8-6-7-9(3)11(10)5-2/h6-9H,4-5H2,1-3H3/q+1/t9-/m1/s1. The summed E-state index contributed by atoms with van der Waals surface area (Å²) < 4.78 is 0. The van der Waals surface area contributed by atoms with Crippen LogP contribution >= 0.6 is 0 Å². The van der Waals surface area contributed by atoms with E-state index in [2.05, 4.69) is 39.3 Å². The normalized spacial score (nSPS) is 23.7. The zero-order valence-electron chi connectivity index (χ0n) is 7.72. The molecule has 0 bridgehead atoms. The fourth-order valence-electron chi connectivity index (χ4n) is 1.75. The van der Waals surface area contributed by atoms with Crippen molar-refractivity contribution >= 4 is 0 Å². The predicted molar refractivity (Wildman–Crippen MR) is 50.2 cm³/mol. The highest BCUT2D eigenvalue weighted by molar-refractivity contribution is 5.34. The lowest BCUT2D eigenvalue weighted by atomic mass is 9.86. The molecule has 0 aliphatic heterocycles. The minimum atomic E-state index is 0.667. The fraction of sp³-hybridized carbons (Fsp3) is 0.545. The third kappa shape index (κ3) is 1.68. The van der Waals surface area contributed by atoms with Gasteiger partial charge in [0.05, 0.1) is 11.5 Å². The first-order valence-corrected chi connectivity index (χ1v) is 4.53. The van der Waals surface area contributed by atoms with Crippen LogP contribution in [0.4, 0.5) is 0 Å². The van der Waals surface area contributed by atoms with Gasteiger partial charge in [0.2, 0.25) is 0 Å². The van der Waals surface area contributed by atoms with Crippen LogP contribution in [0.2, 0.25) is 0 Å². The van der Waals surface area contributed by atoms with Crippen molar-refractivity contribution in [3.05, 3.63) is 29.7 Å². The van der Waals surface area contributed by atoms with Crippen LogP contribution in [0.15, 0.2) is 23.3 Å². The highest BCUT2D eigenvalue weighted by atomic mass is 14.2. The topological polar surface area (TPSA) is 0 Å². The van der Waals surface area contributed by atoms with Crippen molar-refractivity contribution in [1.29, 1.82) is 0 Å². The minimum Gasteiger partial charge on any atom is -0.0590 e. The van der Waals surface area contributed by atoms with Crippen LogP contribution in [0.5, 0.6) is 0 Å². The maximum absolute atomic E-state index is 2.28. The second-order valence-corrected chi connectivity index (χ2v) is 3.10. The number of allylic oxidation sites excluding steroid dienone is 4. The third-order valence-corrected chi connectivity index (χ3v) is 2.42. The molecule has 60 valence electrons. The largest absolute Gasteiger partial charge is 0.0829 e. The molecule has 11 heavy (non-hydrogen) atoms. The van der Waals surface area contributed by atoms with E-state index in [1.165, 1.54) is 12.8 Å². The first-order chi connectivity index (χ1) is 5.29. The predicted octanol–water partition coefficient (Wildman–Crippen LogP) is 3.51. The third-order valence-electron chi connectivity index (χ3n) is 2.42. The molecule has 0 N–H and O–H groups in total. The highest BCUT2D eigenvalue weighted by Crippen LogP contribution is 2.27. The van der Waals surface area contributed by atoms with E-state index in [0.717, 1.165) is 0 Å². The molecule has 0 amide bonds. The Balaban J connectivity index is 2.81. The van der Waals surface area contributed by atoms with Crippen LogP contribution in [-0.2, 0) is 0 Å². The quantitative estimate of drug-likeness (QED) is 0.527. The van der Waals surface area contributed by atoms with E-state index in [0.29, 0.717) is 5.92 Å². The second-order valence-electron chi connectivity index (χ2n) is 3.10. The van der Waals surface area contributed by atoms with Gasteiger partial charge in [0.1, 0.15) is 0 Å². The Kier molecular flexibility index (Phi) is 2.81. The van der Waals surface area contributed by atoms with Gasteiger partial charge < -0.3 is 0 Å². The Morgan fingerprint density at radius 2 is 2.09 bits per heavy atom. The molecule has 0 radical (unpaired) electrons. The summed E-state index contributed by atoms with van der Waals surface area (Å²) in [5.41, 5.74) is 3.16. The summed E-state index contributed by atoms with van der Waals surface area (Å²) in [6.07, 6.45) is 9.09. The molecule has 1 atom stereocenters. The minimum absolute atomic E-state index is 0.667. The molecule has 0 heterocycles. The summed E-state index contributed by atoms with van der Waals surface area (Å²) in [4.78, 5) is 0. The molecule has 1 aliphatic carbocycles. The maximum atomic E-state index is 2.28. The van der Waals surface area contributed by atoms with E-state index in [-0.39, 0.29) is 0 Å². The fourth-order valence-corrected chi connectivity index (χ4v) is 1.75. The zero-order chi connectivity index (χ0) is 8.27. The second kappa shape index (κ2) is 3.66. The van der Waals surface area contributed by atoms with Crippen molar-refractivity contribution in [2.45, 2.75) is 33.6 Å². The SMILES string of the molecule is CCC1=C(CC)[C@H](C)C=C[CH+]1. The van der Waals surface area contributed by atoms with Crippen molar-refractivity contribution in [1.82, 2.24) is 0 Å². The molecule has 1 rings (SSSR count). The summed E-state index contributed by atoms with van der Waals surface area (Å²) in [5, 5.41) is 0. The first-order valence-electron chi connectivity index (χ1n) is 4.53. The first kappa shape index (κ1) is 8.45. The number of rotatable bonds is 2. The summed E-state index contributed by atoms with van der Waals surface area (Å²) in [6, 6.07) is 0. The van der Waals surface area contributed by atoms with Crippen molar-refractivity contribution in [3.8, 4) is 0 Å². The van der Waals surface area contributed by atoms with E-state index in [1.54, 1.807) is 11.1 Å². The van der Waals surface area contributed by atoms with Crippen molar-refractivity contribution in [2.75, 3.05) is 0 Å². The Morgan fingerprint density at radius 1 is 1.36 bits per heavy atom. The Morgan fingerprint density at radius 3 is 2.55 bits per heavy atom. The Bertz CT molecular complexity index is 184. The lowest BCUT2D eigenvalue weighted by molar-refractivity contribution is 0.771. The molecule has 0 spiro atoms. The lowest BCUT2D eigenvalue weighted by Gasteiger charge is -2.11. The van der Waals surface area contributed by atoms with Gasteiger partial charge in [-0.05, 0) is 20.3 Å². The number of hydrogen-bond acceptors (Lipinski definition) is 0. The maximum Gasteiger partial charge on any atom is 0.0829 e. The smallest absolute Gasteiger partial charge is 0.0590 e. The van der Waals surface area contributed by atoms with Gasteiger partial charge in [-0.2, -0.15) is 0 Å². The Hall–Kier alpha value is -0.650. The molecule has 0 heteroatoms. The number of hydrogen-bond donors (Lipinski definition) is 0. The molecule has 0 saturated heterocycles. The summed E-state index contributed by atoms with van der Waals surface area (Å²) in [6.45, 7) is 6.75. The summed E-state index contributed by atoms with van der Waals surface area (Å²) >= 11 is 0. The molecule has 0 aromatic rings. The highest BCUT2D eigenvalue weighted by Gasteiger charge is 2.20. The van der Waals surface area contributed by atoms with Crippen molar-refractivity contribution < 1.29 is 0 Å². The summed E-state index contributed by atoms with van der Waals surface area (Å²) in [5.74, 6) is 0.667. The lowest BCUT2D eigenvalue weighted by Crippen LogP contribution is -2.04. The van der Waals surface area contributed by atoms with E-state index in [4.69, 9.17) is 0 Å². The van der Waals surface area contributed by atoms with Crippen LogP contribution in [0.3, 0.4) is 0 Å².